The first-order valence-electron chi connectivity index (χ1n) is 12.7. The van der Waals surface area contributed by atoms with Crippen LogP contribution in [0.3, 0.4) is 0 Å². The number of hydrogen-bond donors (Lipinski definition) is 2. The Morgan fingerprint density at radius 3 is 2.41 bits per heavy atom. The predicted molar refractivity (Wildman–Crippen MR) is 130 cm³/mol. The van der Waals surface area contributed by atoms with Crippen molar-refractivity contribution in [2.75, 3.05) is 4.90 Å². The standard InChI is InChI=1S/C28H29F3N2O4/c1-16-8-5-6-13-20(16)33-24(34)21-22(25(33)35)27(26(36)37,15-17-9-3-2-4-10-17)32-23(21)18-11-7-12-19(14-18)28(29,30)31/h5-8,11-14,17,21-23,32H,2-4,9-10,15H2,1H3,(H,36,37). The van der Waals surface area contributed by atoms with Crippen LogP contribution in [-0.4, -0.2) is 28.4 Å². The first-order chi connectivity index (χ1) is 17.5. The number of aliphatic carboxylic acids is 1. The van der Waals surface area contributed by atoms with Crippen LogP contribution in [0.4, 0.5) is 18.9 Å². The van der Waals surface area contributed by atoms with E-state index in [0.29, 0.717) is 11.3 Å². The highest BCUT2D eigenvalue weighted by Crippen LogP contribution is 2.53. The average Bonchev–Trinajstić information content (AvgIpc) is 3.34. The van der Waals surface area contributed by atoms with Gasteiger partial charge in [-0.15, -0.1) is 0 Å². The van der Waals surface area contributed by atoms with Gasteiger partial charge >= 0.3 is 12.1 Å². The Kier molecular flexibility index (Phi) is 6.38. The molecule has 2 aromatic carbocycles. The van der Waals surface area contributed by atoms with Crippen LogP contribution >= 0.6 is 0 Å². The molecule has 4 atom stereocenters. The third kappa shape index (κ3) is 4.23. The molecule has 37 heavy (non-hydrogen) atoms. The van der Waals surface area contributed by atoms with E-state index in [-0.39, 0.29) is 17.9 Å². The molecule has 5 rings (SSSR count). The topological polar surface area (TPSA) is 86.7 Å². The number of carbonyl (C=O) groups is 3. The first kappa shape index (κ1) is 25.4. The third-order valence-corrected chi connectivity index (χ3v) is 8.30. The van der Waals surface area contributed by atoms with Gasteiger partial charge in [-0.2, -0.15) is 13.2 Å². The van der Waals surface area contributed by atoms with Crippen LogP contribution in [0, 0.1) is 24.7 Å². The van der Waals surface area contributed by atoms with Gasteiger partial charge in [0.25, 0.3) is 0 Å². The predicted octanol–water partition coefficient (Wildman–Crippen LogP) is 5.26. The molecule has 2 aromatic rings. The maximum Gasteiger partial charge on any atom is 0.416 e. The summed E-state index contributed by atoms with van der Waals surface area (Å²) in [6.07, 6.45) is 0.114. The van der Waals surface area contributed by atoms with Gasteiger partial charge in [0, 0.05) is 6.04 Å². The number of para-hydroxylation sites is 1. The van der Waals surface area contributed by atoms with Gasteiger partial charge in [0.15, 0.2) is 0 Å². The van der Waals surface area contributed by atoms with E-state index >= 15 is 0 Å². The van der Waals surface area contributed by atoms with Gasteiger partial charge in [-0.1, -0.05) is 62.4 Å². The Balaban J connectivity index is 1.64. The van der Waals surface area contributed by atoms with Crippen molar-refractivity contribution in [1.82, 2.24) is 5.32 Å². The van der Waals surface area contributed by atoms with Crippen molar-refractivity contribution in [3.63, 3.8) is 0 Å². The number of anilines is 1. The number of nitrogens with zero attached hydrogens (tertiary/aromatic N) is 1. The van der Waals surface area contributed by atoms with Crippen LogP contribution in [-0.2, 0) is 20.6 Å². The van der Waals surface area contributed by atoms with Gasteiger partial charge in [-0.3, -0.25) is 19.7 Å². The van der Waals surface area contributed by atoms with Gasteiger partial charge in [-0.05, 0) is 48.6 Å². The SMILES string of the molecule is Cc1ccccc1N1C(=O)C2C(c3cccc(C(F)(F)F)c3)NC(CC3CCCCC3)(C(=O)O)C2C1=O. The number of aryl methyl sites for hydroxylation is 1. The molecule has 6 nitrogen and oxygen atoms in total. The molecular weight excluding hydrogens is 485 g/mol. The van der Waals surface area contributed by atoms with Crippen LogP contribution in [0.2, 0.25) is 0 Å². The molecule has 2 amide bonds. The number of imide groups is 1. The molecule has 1 saturated carbocycles. The molecule has 0 bridgehead atoms. The van der Waals surface area contributed by atoms with E-state index in [4.69, 9.17) is 0 Å². The number of fused-ring (bicyclic) bond motifs is 1. The summed E-state index contributed by atoms with van der Waals surface area (Å²) in [6.45, 7) is 1.75. The van der Waals surface area contributed by atoms with Crippen LogP contribution < -0.4 is 10.2 Å². The van der Waals surface area contributed by atoms with E-state index in [2.05, 4.69) is 5.32 Å². The number of benzene rings is 2. The summed E-state index contributed by atoms with van der Waals surface area (Å²) < 4.78 is 40.6. The fourth-order valence-electron chi connectivity index (χ4n) is 6.57. The summed E-state index contributed by atoms with van der Waals surface area (Å²) in [5, 5.41) is 13.6. The number of carbonyl (C=O) groups excluding carboxylic acids is 2. The first-order valence-corrected chi connectivity index (χ1v) is 12.7. The van der Waals surface area contributed by atoms with E-state index in [9.17, 15) is 32.7 Å². The Morgan fingerprint density at radius 2 is 1.76 bits per heavy atom. The normalized spacial score (nSPS) is 28.5. The number of rotatable bonds is 5. The zero-order valence-electron chi connectivity index (χ0n) is 20.4. The molecule has 1 aliphatic carbocycles. The minimum Gasteiger partial charge on any atom is -0.480 e. The van der Waals surface area contributed by atoms with Crippen molar-refractivity contribution >= 4 is 23.5 Å². The van der Waals surface area contributed by atoms with Crippen LogP contribution in [0.25, 0.3) is 0 Å². The lowest BCUT2D eigenvalue weighted by molar-refractivity contribution is -0.150. The van der Waals surface area contributed by atoms with Gasteiger partial charge in [-0.25, -0.2) is 4.90 Å². The van der Waals surface area contributed by atoms with Crippen LogP contribution in [0.1, 0.15) is 61.3 Å². The molecule has 0 spiro atoms. The van der Waals surface area contributed by atoms with E-state index in [1.165, 1.54) is 12.1 Å². The van der Waals surface area contributed by atoms with Gasteiger partial charge in [0.05, 0.1) is 23.1 Å². The summed E-state index contributed by atoms with van der Waals surface area (Å²) in [4.78, 5) is 41.8. The van der Waals surface area contributed by atoms with Crippen LogP contribution in [0.15, 0.2) is 48.5 Å². The van der Waals surface area contributed by atoms with E-state index < -0.39 is 52.9 Å². The largest absolute Gasteiger partial charge is 0.480 e. The molecule has 196 valence electrons. The van der Waals surface area contributed by atoms with Crippen molar-refractivity contribution in [1.29, 1.82) is 0 Å². The lowest BCUT2D eigenvalue weighted by atomic mass is 9.72. The fraction of sp³-hybridized carbons (Fsp3) is 0.464. The molecule has 2 aliphatic heterocycles. The Bertz CT molecular complexity index is 1240. The van der Waals surface area contributed by atoms with Crippen molar-refractivity contribution in [2.45, 2.75) is 63.2 Å². The maximum atomic E-state index is 13.9. The quantitative estimate of drug-likeness (QED) is 0.532. The minimum atomic E-state index is -4.61. The minimum absolute atomic E-state index is 0.0358. The highest BCUT2D eigenvalue weighted by atomic mass is 19.4. The summed E-state index contributed by atoms with van der Waals surface area (Å²) in [5.74, 6) is -4.81. The second-order valence-electron chi connectivity index (χ2n) is 10.5. The maximum absolute atomic E-state index is 13.9. The molecule has 2 N–H and O–H groups in total. The number of alkyl halides is 3. The highest BCUT2D eigenvalue weighted by Gasteiger charge is 2.69. The molecule has 9 heteroatoms. The fourth-order valence-corrected chi connectivity index (χ4v) is 6.57. The number of amides is 2. The van der Waals surface area contributed by atoms with E-state index in [1.807, 2.05) is 0 Å². The smallest absolute Gasteiger partial charge is 0.416 e. The number of halogens is 3. The number of hydrogen-bond acceptors (Lipinski definition) is 4. The lowest BCUT2D eigenvalue weighted by Crippen LogP contribution is -2.57. The summed E-state index contributed by atoms with van der Waals surface area (Å²) >= 11 is 0. The molecule has 3 fully saturated rings. The van der Waals surface area contributed by atoms with Gasteiger partial charge < -0.3 is 5.11 Å². The van der Waals surface area contributed by atoms with E-state index in [0.717, 1.165) is 49.1 Å². The van der Waals surface area contributed by atoms with Crippen molar-refractivity contribution in [3.8, 4) is 0 Å². The summed E-state index contributed by atoms with van der Waals surface area (Å²) in [7, 11) is 0. The number of carboxylic acids is 1. The molecule has 0 radical (unpaired) electrons. The molecule has 2 saturated heterocycles. The third-order valence-electron chi connectivity index (χ3n) is 8.30. The average molecular weight is 515 g/mol. The highest BCUT2D eigenvalue weighted by molar-refractivity contribution is 6.24. The van der Waals surface area contributed by atoms with Crippen molar-refractivity contribution in [3.05, 3.63) is 65.2 Å². The summed E-state index contributed by atoms with van der Waals surface area (Å²) in [5.41, 5.74) is -1.48. The molecule has 3 aliphatic rings. The number of nitrogens with one attached hydrogen (secondary N) is 1. The monoisotopic (exact) mass is 514 g/mol. The molecule has 2 heterocycles. The molecule has 0 aromatic heterocycles. The Morgan fingerprint density at radius 1 is 1.05 bits per heavy atom. The zero-order chi connectivity index (χ0) is 26.5. The van der Waals surface area contributed by atoms with Crippen molar-refractivity contribution in [2.24, 2.45) is 17.8 Å². The lowest BCUT2D eigenvalue weighted by Gasteiger charge is -2.35. The Labute approximate surface area is 212 Å². The van der Waals surface area contributed by atoms with E-state index in [1.54, 1.807) is 31.2 Å². The zero-order valence-corrected chi connectivity index (χ0v) is 20.4. The molecular formula is C28H29F3N2O4. The van der Waals surface area contributed by atoms with Gasteiger partial charge in [0.2, 0.25) is 11.8 Å². The number of carboxylic acid groups (broad SMARTS) is 1. The second kappa shape index (κ2) is 9.28. The Hall–Kier alpha value is -3.20. The van der Waals surface area contributed by atoms with Crippen molar-refractivity contribution < 1.29 is 32.7 Å². The second-order valence-corrected chi connectivity index (χ2v) is 10.5. The van der Waals surface area contributed by atoms with Gasteiger partial charge in [0.1, 0.15) is 5.54 Å². The molecule has 4 unspecified atom stereocenters. The van der Waals surface area contributed by atoms with Crippen LogP contribution in [0.5, 0.6) is 0 Å². The summed E-state index contributed by atoms with van der Waals surface area (Å²) in [6, 6.07) is 10.4.